The standard InChI is InChI=1S/C11H13F2NO4S/c1-3-4-18-11(15)8-7(14)5-6(12)10(9(8)13)19(2,16)17/h5H,3-4,14H2,1-2H3. The summed E-state index contributed by atoms with van der Waals surface area (Å²) in [7, 11) is -4.17. The molecule has 1 rings (SSSR count). The fourth-order valence-electron chi connectivity index (χ4n) is 1.43. The molecular weight excluding hydrogens is 280 g/mol. The van der Waals surface area contributed by atoms with E-state index >= 15 is 0 Å². The van der Waals surface area contributed by atoms with Crippen molar-refractivity contribution in [1.29, 1.82) is 0 Å². The van der Waals surface area contributed by atoms with Crippen LogP contribution in [0.15, 0.2) is 11.0 Å². The number of rotatable bonds is 4. The molecular formula is C11H13F2NO4S. The van der Waals surface area contributed by atoms with E-state index in [1.807, 2.05) is 0 Å². The summed E-state index contributed by atoms with van der Waals surface area (Å²) in [4.78, 5) is 10.4. The second-order valence-electron chi connectivity index (χ2n) is 3.87. The van der Waals surface area contributed by atoms with Gasteiger partial charge in [-0.3, -0.25) is 0 Å². The van der Waals surface area contributed by atoms with Crippen LogP contribution in [0.2, 0.25) is 0 Å². The van der Waals surface area contributed by atoms with Gasteiger partial charge < -0.3 is 10.5 Å². The van der Waals surface area contributed by atoms with Gasteiger partial charge in [0.05, 0.1) is 12.3 Å². The van der Waals surface area contributed by atoms with Gasteiger partial charge in [0.25, 0.3) is 0 Å². The predicted octanol–water partition coefficient (Wildman–Crippen LogP) is 1.52. The molecule has 0 aliphatic rings. The van der Waals surface area contributed by atoms with Crippen molar-refractivity contribution in [3.05, 3.63) is 23.3 Å². The molecule has 2 N–H and O–H groups in total. The molecule has 0 atom stereocenters. The van der Waals surface area contributed by atoms with Gasteiger partial charge in [-0.05, 0) is 12.5 Å². The topological polar surface area (TPSA) is 86.5 Å². The number of hydrogen-bond acceptors (Lipinski definition) is 5. The molecule has 0 fully saturated rings. The van der Waals surface area contributed by atoms with Crippen LogP contribution in [0, 0.1) is 11.6 Å². The van der Waals surface area contributed by atoms with Gasteiger partial charge in [0.1, 0.15) is 16.3 Å². The summed E-state index contributed by atoms with van der Waals surface area (Å²) >= 11 is 0. The summed E-state index contributed by atoms with van der Waals surface area (Å²) in [6, 6.07) is 0.585. The Bertz CT molecular complexity index is 614. The molecule has 106 valence electrons. The van der Waals surface area contributed by atoms with Gasteiger partial charge in [-0.1, -0.05) is 6.92 Å². The third kappa shape index (κ3) is 3.19. The summed E-state index contributed by atoms with van der Waals surface area (Å²) in [6.45, 7) is 1.74. The summed E-state index contributed by atoms with van der Waals surface area (Å²) in [5.41, 5.74) is 4.05. The molecule has 19 heavy (non-hydrogen) atoms. The zero-order valence-corrected chi connectivity index (χ0v) is 11.2. The zero-order chi connectivity index (χ0) is 14.8. The maximum absolute atomic E-state index is 14.0. The highest BCUT2D eigenvalue weighted by Crippen LogP contribution is 2.27. The van der Waals surface area contributed by atoms with Crippen LogP contribution in [0.25, 0.3) is 0 Å². The number of benzene rings is 1. The number of halogens is 2. The van der Waals surface area contributed by atoms with E-state index in [2.05, 4.69) is 4.74 Å². The second kappa shape index (κ2) is 5.52. The van der Waals surface area contributed by atoms with Crippen LogP contribution in [0.5, 0.6) is 0 Å². The van der Waals surface area contributed by atoms with Crippen LogP contribution in [-0.2, 0) is 14.6 Å². The molecule has 8 heteroatoms. The number of sulfone groups is 1. The first-order valence-electron chi connectivity index (χ1n) is 5.34. The Kier molecular flexibility index (Phi) is 4.46. The van der Waals surface area contributed by atoms with Gasteiger partial charge in [0, 0.05) is 6.26 Å². The minimum atomic E-state index is -4.17. The Hall–Kier alpha value is -1.70. The summed E-state index contributed by atoms with van der Waals surface area (Å²) < 4.78 is 54.7. The first-order chi connectivity index (χ1) is 8.70. The molecule has 5 nitrogen and oxygen atoms in total. The van der Waals surface area contributed by atoms with Gasteiger partial charge in [-0.25, -0.2) is 22.0 Å². The largest absolute Gasteiger partial charge is 0.462 e. The van der Waals surface area contributed by atoms with Crippen molar-refractivity contribution in [3.63, 3.8) is 0 Å². The lowest BCUT2D eigenvalue weighted by atomic mass is 10.1. The van der Waals surface area contributed by atoms with Crippen molar-refractivity contribution in [2.45, 2.75) is 18.2 Å². The van der Waals surface area contributed by atoms with Crippen LogP contribution in [0.4, 0.5) is 14.5 Å². The molecule has 0 spiro atoms. The quantitative estimate of drug-likeness (QED) is 0.672. The van der Waals surface area contributed by atoms with E-state index in [9.17, 15) is 22.0 Å². The SMILES string of the molecule is CCCOC(=O)c1c(N)cc(F)c(S(C)(=O)=O)c1F. The van der Waals surface area contributed by atoms with Crippen LogP contribution >= 0.6 is 0 Å². The minimum absolute atomic E-state index is 0.0172. The number of hydrogen-bond donors (Lipinski definition) is 1. The smallest absolute Gasteiger partial charge is 0.343 e. The number of nitrogen functional groups attached to an aromatic ring is 1. The third-order valence-electron chi connectivity index (χ3n) is 2.22. The molecule has 1 aromatic carbocycles. The normalized spacial score (nSPS) is 11.4. The number of carbonyl (C=O) groups excluding carboxylic acids is 1. The molecule has 0 saturated carbocycles. The molecule has 0 unspecified atom stereocenters. The minimum Gasteiger partial charge on any atom is -0.462 e. The molecule has 0 heterocycles. The van der Waals surface area contributed by atoms with E-state index in [1.54, 1.807) is 6.92 Å². The highest BCUT2D eigenvalue weighted by molar-refractivity contribution is 7.90. The van der Waals surface area contributed by atoms with Crippen molar-refractivity contribution < 1.29 is 26.7 Å². The average molecular weight is 293 g/mol. The van der Waals surface area contributed by atoms with Crippen molar-refractivity contribution in [2.75, 3.05) is 18.6 Å². The number of anilines is 1. The van der Waals surface area contributed by atoms with Crippen molar-refractivity contribution in [2.24, 2.45) is 0 Å². The summed E-state index contributed by atoms with van der Waals surface area (Å²) in [5, 5.41) is 0. The van der Waals surface area contributed by atoms with E-state index in [0.717, 1.165) is 0 Å². The number of esters is 1. The molecule has 0 aliphatic heterocycles. The predicted molar refractivity (Wildman–Crippen MR) is 64.5 cm³/mol. The van der Waals surface area contributed by atoms with Gasteiger partial charge in [0.15, 0.2) is 15.7 Å². The molecule has 0 saturated heterocycles. The van der Waals surface area contributed by atoms with Crippen molar-refractivity contribution in [3.8, 4) is 0 Å². The maximum atomic E-state index is 14.0. The van der Waals surface area contributed by atoms with E-state index in [-0.39, 0.29) is 6.61 Å². The van der Waals surface area contributed by atoms with Gasteiger partial charge in [-0.2, -0.15) is 0 Å². The number of nitrogens with two attached hydrogens (primary N) is 1. The van der Waals surface area contributed by atoms with Crippen LogP contribution in [0.3, 0.4) is 0 Å². The van der Waals surface area contributed by atoms with E-state index in [0.29, 0.717) is 18.7 Å². The first kappa shape index (κ1) is 15.4. The Balaban J connectivity index is 3.46. The van der Waals surface area contributed by atoms with Crippen molar-refractivity contribution in [1.82, 2.24) is 0 Å². The van der Waals surface area contributed by atoms with E-state index in [1.165, 1.54) is 0 Å². The molecule has 1 aromatic rings. The molecule has 0 amide bonds. The Morgan fingerprint density at radius 2 is 2.00 bits per heavy atom. The number of ether oxygens (including phenoxy) is 1. The average Bonchev–Trinajstić information content (AvgIpc) is 2.23. The monoisotopic (exact) mass is 293 g/mol. The van der Waals surface area contributed by atoms with Crippen LogP contribution in [0.1, 0.15) is 23.7 Å². The Morgan fingerprint density at radius 1 is 1.42 bits per heavy atom. The van der Waals surface area contributed by atoms with Gasteiger partial charge in [-0.15, -0.1) is 0 Å². The zero-order valence-electron chi connectivity index (χ0n) is 10.4. The lowest BCUT2D eigenvalue weighted by molar-refractivity contribution is 0.0500. The highest BCUT2D eigenvalue weighted by atomic mass is 32.2. The number of carbonyl (C=O) groups is 1. The molecule has 0 bridgehead atoms. The van der Waals surface area contributed by atoms with E-state index in [4.69, 9.17) is 5.73 Å². The highest BCUT2D eigenvalue weighted by Gasteiger charge is 2.28. The lowest BCUT2D eigenvalue weighted by Crippen LogP contribution is -2.16. The first-order valence-corrected chi connectivity index (χ1v) is 7.24. The molecule has 0 aliphatic carbocycles. The Labute approximate surface area is 109 Å². The van der Waals surface area contributed by atoms with Crippen LogP contribution in [-0.4, -0.2) is 27.2 Å². The maximum Gasteiger partial charge on any atom is 0.343 e. The molecule has 0 radical (unpaired) electrons. The fourth-order valence-corrected chi connectivity index (χ4v) is 2.27. The Morgan fingerprint density at radius 3 is 2.47 bits per heavy atom. The van der Waals surface area contributed by atoms with E-state index < -0.39 is 43.6 Å². The fraction of sp³-hybridized carbons (Fsp3) is 0.364. The second-order valence-corrected chi connectivity index (χ2v) is 5.83. The molecule has 0 aromatic heterocycles. The van der Waals surface area contributed by atoms with Gasteiger partial charge in [0.2, 0.25) is 0 Å². The lowest BCUT2D eigenvalue weighted by Gasteiger charge is -2.11. The van der Waals surface area contributed by atoms with Gasteiger partial charge >= 0.3 is 5.97 Å². The third-order valence-corrected chi connectivity index (χ3v) is 3.33. The summed E-state index contributed by atoms with van der Waals surface area (Å²) in [6.07, 6.45) is 1.12. The van der Waals surface area contributed by atoms with Crippen molar-refractivity contribution >= 4 is 21.5 Å². The summed E-state index contributed by atoms with van der Waals surface area (Å²) in [5.74, 6) is -3.99. The van der Waals surface area contributed by atoms with Crippen LogP contribution < -0.4 is 5.73 Å².